The summed E-state index contributed by atoms with van der Waals surface area (Å²) < 4.78 is 0. The van der Waals surface area contributed by atoms with Crippen molar-refractivity contribution in [3.63, 3.8) is 0 Å². The summed E-state index contributed by atoms with van der Waals surface area (Å²) in [5.41, 5.74) is 0. The van der Waals surface area contributed by atoms with E-state index >= 15 is 0 Å². The van der Waals surface area contributed by atoms with Gasteiger partial charge in [0, 0.05) is 11.8 Å². The molecule has 1 saturated carbocycles. The maximum absolute atomic E-state index is 10.8. The number of H-pyrrole nitrogens is 1. The zero-order chi connectivity index (χ0) is 11.0. The van der Waals surface area contributed by atoms with Crippen LogP contribution >= 0.6 is 0 Å². The number of hydrogen-bond acceptors (Lipinski definition) is 3. The predicted molar refractivity (Wildman–Crippen MR) is 53.6 cm³/mol. The Morgan fingerprint density at radius 2 is 2.27 bits per heavy atom. The molecule has 0 unspecified atom stereocenters. The highest BCUT2D eigenvalue weighted by Crippen LogP contribution is 2.41. The summed E-state index contributed by atoms with van der Waals surface area (Å²) >= 11 is 0. The maximum atomic E-state index is 10.8. The lowest BCUT2D eigenvalue weighted by molar-refractivity contribution is -0.145. The van der Waals surface area contributed by atoms with Gasteiger partial charge in [-0.2, -0.15) is 5.10 Å². The third-order valence-corrected chi connectivity index (χ3v) is 2.98. The van der Waals surface area contributed by atoms with Crippen molar-refractivity contribution >= 4 is 5.97 Å². The average Bonchev–Trinajstić information content (AvgIpc) is 2.49. The number of rotatable bonds is 3. The Bertz CT molecular complexity index is 372. The molecule has 1 aliphatic carbocycles. The Labute approximate surface area is 87.9 Å². The van der Waals surface area contributed by atoms with Gasteiger partial charge < -0.3 is 5.11 Å². The van der Waals surface area contributed by atoms with Gasteiger partial charge in [-0.3, -0.25) is 9.89 Å². The fraction of sp³-hybridized carbons (Fsp3) is 0.700. The molecule has 0 bridgehead atoms. The SMILES string of the molecule is CC(C)c1n[nH]c([C@@H]2CC[C@@H]2C(=O)O)n1. The van der Waals surface area contributed by atoms with E-state index in [1.54, 1.807) is 0 Å². The second-order valence-electron chi connectivity index (χ2n) is 4.36. The van der Waals surface area contributed by atoms with E-state index in [0.29, 0.717) is 0 Å². The molecule has 1 aliphatic rings. The highest BCUT2D eigenvalue weighted by Gasteiger charge is 2.39. The number of aromatic amines is 1. The molecule has 0 aromatic carbocycles. The van der Waals surface area contributed by atoms with Crippen molar-refractivity contribution in [2.75, 3.05) is 0 Å². The Morgan fingerprint density at radius 1 is 1.53 bits per heavy atom. The van der Waals surface area contributed by atoms with Gasteiger partial charge in [-0.15, -0.1) is 0 Å². The molecular formula is C10H15N3O2. The first-order valence-electron chi connectivity index (χ1n) is 5.24. The standard InChI is InChI=1S/C10H15N3O2/c1-5(2)8-11-9(13-12-8)6-3-4-7(6)10(14)15/h5-7H,3-4H2,1-2H3,(H,14,15)(H,11,12,13)/t6-,7+/m1/s1. The van der Waals surface area contributed by atoms with E-state index in [1.807, 2.05) is 13.8 Å². The Balaban J connectivity index is 2.13. The lowest BCUT2D eigenvalue weighted by Gasteiger charge is -2.31. The van der Waals surface area contributed by atoms with E-state index in [-0.39, 0.29) is 17.8 Å². The van der Waals surface area contributed by atoms with E-state index < -0.39 is 5.97 Å². The molecule has 0 radical (unpaired) electrons. The van der Waals surface area contributed by atoms with Gasteiger partial charge in [0.15, 0.2) is 5.82 Å². The topological polar surface area (TPSA) is 78.9 Å². The smallest absolute Gasteiger partial charge is 0.307 e. The molecule has 1 aromatic rings. The molecule has 0 spiro atoms. The van der Waals surface area contributed by atoms with Gasteiger partial charge in [-0.25, -0.2) is 4.98 Å². The quantitative estimate of drug-likeness (QED) is 0.790. The number of carboxylic acids is 1. The van der Waals surface area contributed by atoms with Crippen LogP contribution in [0, 0.1) is 5.92 Å². The maximum Gasteiger partial charge on any atom is 0.307 e. The van der Waals surface area contributed by atoms with Crippen molar-refractivity contribution in [3.05, 3.63) is 11.6 Å². The number of aliphatic carboxylic acids is 1. The van der Waals surface area contributed by atoms with Crippen molar-refractivity contribution in [1.82, 2.24) is 15.2 Å². The highest BCUT2D eigenvalue weighted by atomic mass is 16.4. The van der Waals surface area contributed by atoms with Gasteiger partial charge in [-0.1, -0.05) is 13.8 Å². The van der Waals surface area contributed by atoms with Gasteiger partial charge in [0.25, 0.3) is 0 Å². The molecule has 1 fully saturated rings. The van der Waals surface area contributed by atoms with Crippen LogP contribution in [-0.4, -0.2) is 26.3 Å². The molecule has 0 aliphatic heterocycles. The molecule has 15 heavy (non-hydrogen) atoms. The molecule has 1 heterocycles. The summed E-state index contributed by atoms with van der Waals surface area (Å²) in [6, 6.07) is 0. The van der Waals surface area contributed by atoms with Gasteiger partial charge in [0.1, 0.15) is 5.82 Å². The molecule has 0 saturated heterocycles. The monoisotopic (exact) mass is 209 g/mol. The van der Waals surface area contributed by atoms with Crippen LogP contribution in [0.3, 0.4) is 0 Å². The van der Waals surface area contributed by atoms with Gasteiger partial charge in [0.2, 0.25) is 0 Å². The van der Waals surface area contributed by atoms with Crippen LogP contribution in [0.5, 0.6) is 0 Å². The summed E-state index contributed by atoms with van der Waals surface area (Å²) in [7, 11) is 0. The van der Waals surface area contributed by atoms with Crippen LogP contribution in [0.25, 0.3) is 0 Å². The van der Waals surface area contributed by atoms with Gasteiger partial charge >= 0.3 is 5.97 Å². The molecule has 2 N–H and O–H groups in total. The zero-order valence-electron chi connectivity index (χ0n) is 8.90. The van der Waals surface area contributed by atoms with E-state index in [2.05, 4.69) is 15.2 Å². The van der Waals surface area contributed by atoms with Gasteiger partial charge in [-0.05, 0) is 12.8 Å². The molecule has 0 amide bonds. The summed E-state index contributed by atoms with van der Waals surface area (Å²) in [4.78, 5) is 15.2. The fourth-order valence-electron chi connectivity index (χ4n) is 1.83. The summed E-state index contributed by atoms with van der Waals surface area (Å²) in [5, 5.41) is 15.9. The number of nitrogens with zero attached hydrogens (tertiary/aromatic N) is 2. The van der Waals surface area contributed by atoms with E-state index in [1.165, 1.54) is 0 Å². The summed E-state index contributed by atoms with van der Waals surface area (Å²) in [5.74, 6) is 0.797. The van der Waals surface area contributed by atoms with E-state index in [9.17, 15) is 4.79 Å². The van der Waals surface area contributed by atoms with Crippen molar-refractivity contribution in [2.24, 2.45) is 5.92 Å². The Hall–Kier alpha value is -1.39. The molecule has 82 valence electrons. The van der Waals surface area contributed by atoms with Crippen molar-refractivity contribution in [1.29, 1.82) is 0 Å². The number of aromatic nitrogens is 3. The molecule has 5 nitrogen and oxygen atoms in total. The normalized spacial score (nSPS) is 25.3. The third kappa shape index (κ3) is 1.73. The van der Waals surface area contributed by atoms with Crippen LogP contribution in [0.2, 0.25) is 0 Å². The van der Waals surface area contributed by atoms with Crippen molar-refractivity contribution in [2.45, 2.75) is 38.5 Å². The second-order valence-corrected chi connectivity index (χ2v) is 4.36. The second kappa shape index (κ2) is 3.64. The van der Waals surface area contributed by atoms with Crippen molar-refractivity contribution in [3.8, 4) is 0 Å². The molecular weight excluding hydrogens is 194 g/mol. The molecule has 1 aromatic heterocycles. The number of carboxylic acid groups (broad SMARTS) is 1. The van der Waals surface area contributed by atoms with Gasteiger partial charge in [0.05, 0.1) is 5.92 Å². The van der Waals surface area contributed by atoms with Crippen LogP contribution in [0.15, 0.2) is 0 Å². The third-order valence-electron chi connectivity index (χ3n) is 2.98. The predicted octanol–water partition coefficient (Wildman–Crippen LogP) is 1.51. The number of nitrogens with one attached hydrogen (secondary N) is 1. The first kappa shape index (κ1) is 10.1. The summed E-state index contributed by atoms with van der Waals surface area (Å²) in [6.07, 6.45) is 1.64. The van der Waals surface area contributed by atoms with Crippen LogP contribution in [0.4, 0.5) is 0 Å². The van der Waals surface area contributed by atoms with Crippen LogP contribution in [-0.2, 0) is 4.79 Å². The summed E-state index contributed by atoms with van der Waals surface area (Å²) in [6.45, 7) is 4.03. The lowest BCUT2D eigenvalue weighted by Crippen LogP contribution is -2.31. The molecule has 5 heteroatoms. The first-order chi connectivity index (χ1) is 7.09. The highest BCUT2D eigenvalue weighted by molar-refractivity contribution is 5.72. The fourth-order valence-corrected chi connectivity index (χ4v) is 1.83. The van der Waals surface area contributed by atoms with Crippen molar-refractivity contribution < 1.29 is 9.90 Å². The minimum Gasteiger partial charge on any atom is -0.481 e. The minimum absolute atomic E-state index is 0.0301. The van der Waals surface area contributed by atoms with E-state index in [0.717, 1.165) is 24.5 Å². The first-order valence-corrected chi connectivity index (χ1v) is 5.24. The van der Waals surface area contributed by atoms with Crippen LogP contribution in [0.1, 0.15) is 50.2 Å². The Kier molecular flexibility index (Phi) is 2.46. The molecule has 2 rings (SSSR count). The van der Waals surface area contributed by atoms with Crippen LogP contribution < -0.4 is 0 Å². The van der Waals surface area contributed by atoms with E-state index in [4.69, 9.17) is 5.11 Å². The number of carbonyl (C=O) groups is 1. The zero-order valence-corrected chi connectivity index (χ0v) is 8.90. The average molecular weight is 209 g/mol. The molecule has 2 atom stereocenters. The number of hydrogen-bond donors (Lipinski definition) is 2. The lowest BCUT2D eigenvalue weighted by atomic mass is 9.73. The minimum atomic E-state index is -0.728. The largest absolute Gasteiger partial charge is 0.481 e. The Morgan fingerprint density at radius 3 is 2.67 bits per heavy atom.